The summed E-state index contributed by atoms with van der Waals surface area (Å²) in [6.07, 6.45) is 0.679. The predicted octanol–water partition coefficient (Wildman–Crippen LogP) is 2.68. The van der Waals surface area contributed by atoms with E-state index in [1.165, 1.54) is 5.01 Å². The number of benzene rings is 2. The lowest BCUT2D eigenvalue weighted by Gasteiger charge is -2.40. The first-order valence-corrected chi connectivity index (χ1v) is 9.63. The number of carbonyl (C=O) groups excluding carboxylic acids is 2. The van der Waals surface area contributed by atoms with E-state index in [9.17, 15) is 9.59 Å². The molecule has 6 heteroatoms. The Hall–Kier alpha value is -2.99. The van der Waals surface area contributed by atoms with Crippen LogP contribution in [-0.4, -0.2) is 54.0 Å². The van der Waals surface area contributed by atoms with Crippen LogP contribution in [0.2, 0.25) is 0 Å². The van der Waals surface area contributed by atoms with Crippen LogP contribution in [0.5, 0.6) is 0 Å². The van der Waals surface area contributed by atoms with Gasteiger partial charge in [-0.3, -0.25) is 9.59 Å². The molecule has 0 aliphatic carbocycles. The van der Waals surface area contributed by atoms with Gasteiger partial charge in [-0.15, -0.1) is 0 Å². The Bertz CT molecular complexity index is 882. The maximum atomic E-state index is 13.4. The van der Waals surface area contributed by atoms with E-state index >= 15 is 0 Å². The van der Waals surface area contributed by atoms with E-state index in [-0.39, 0.29) is 17.9 Å². The molecule has 1 atom stereocenters. The Labute approximate surface area is 165 Å². The van der Waals surface area contributed by atoms with E-state index in [0.717, 1.165) is 18.7 Å². The van der Waals surface area contributed by atoms with Gasteiger partial charge in [0.25, 0.3) is 5.91 Å². The number of nitrogens with zero attached hydrogens (tertiary/aromatic N) is 4. The molecule has 0 saturated carbocycles. The largest absolute Gasteiger partial charge is 0.328 e. The summed E-state index contributed by atoms with van der Waals surface area (Å²) in [5, 5.41) is 5.82. The summed E-state index contributed by atoms with van der Waals surface area (Å²) in [4.78, 5) is 29.9. The third-order valence-electron chi connectivity index (χ3n) is 5.31. The van der Waals surface area contributed by atoms with Gasteiger partial charge in [0.2, 0.25) is 5.91 Å². The van der Waals surface area contributed by atoms with Crippen molar-refractivity contribution in [3.8, 4) is 0 Å². The Morgan fingerprint density at radius 2 is 1.64 bits per heavy atom. The van der Waals surface area contributed by atoms with Crippen molar-refractivity contribution < 1.29 is 9.59 Å². The summed E-state index contributed by atoms with van der Waals surface area (Å²) in [5.74, 6) is -0.156. The van der Waals surface area contributed by atoms with Gasteiger partial charge in [-0.2, -0.15) is 5.10 Å². The van der Waals surface area contributed by atoms with Crippen molar-refractivity contribution in [1.82, 2.24) is 9.80 Å². The molecule has 0 spiro atoms. The number of hydrazone groups is 1. The quantitative estimate of drug-likeness (QED) is 0.828. The van der Waals surface area contributed by atoms with Crippen LogP contribution in [0.25, 0.3) is 0 Å². The highest BCUT2D eigenvalue weighted by Crippen LogP contribution is 2.27. The lowest BCUT2D eigenvalue weighted by atomic mass is 10.0. The van der Waals surface area contributed by atoms with Crippen LogP contribution in [0.1, 0.15) is 24.4 Å². The van der Waals surface area contributed by atoms with Crippen molar-refractivity contribution in [3.63, 3.8) is 0 Å². The molecule has 2 aromatic carbocycles. The van der Waals surface area contributed by atoms with Gasteiger partial charge in [-0.25, -0.2) is 5.01 Å². The number of anilines is 1. The lowest BCUT2D eigenvalue weighted by molar-refractivity contribution is -0.129. The van der Waals surface area contributed by atoms with Gasteiger partial charge < -0.3 is 9.80 Å². The number of likely N-dealkylation sites (N-methyl/N-ethyl adjacent to an activating group) is 1. The van der Waals surface area contributed by atoms with Crippen molar-refractivity contribution >= 4 is 23.2 Å². The molecule has 0 bridgehead atoms. The molecule has 144 valence electrons. The van der Waals surface area contributed by atoms with Gasteiger partial charge in [-0.05, 0) is 24.7 Å². The molecule has 2 aliphatic rings. The summed E-state index contributed by atoms with van der Waals surface area (Å²) in [6.45, 7) is 2.25. The number of carbonyl (C=O) groups is 2. The maximum absolute atomic E-state index is 13.4. The third-order valence-corrected chi connectivity index (χ3v) is 5.31. The van der Waals surface area contributed by atoms with Crippen molar-refractivity contribution in [1.29, 1.82) is 0 Å². The van der Waals surface area contributed by atoms with Crippen LogP contribution < -0.4 is 5.01 Å². The highest BCUT2D eigenvalue weighted by molar-refractivity contribution is 6.40. The fourth-order valence-electron chi connectivity index (χ4n) is 3.77. The van der Waals surface area contributed by atoms with E-state index in [1.54, 1.807) is 0 Å². The van der Waals surface area contributed by atoms with Gasteiger partial charge in [-0.1, -0.05) is 48.5 Å². The second kappa shape index (κ2) is 7.94. The van der Waals surface area contributed by atoms with E-state index < -0.39 is 0 Å². The molecule has 2 aliphatic heterocycles. The fourth-order valence-corrected chi connectivity index (χ4v) is 3.77. The van der Waals surface area contributed by atoms with Gasteiger partial charge >= 0.3 is 0 Å². The Morgan fingerprint density at radius 3 is 2.36 bits per heavy atom. The second-order valence-electron chi connectivity index (χ2n) is 7.28. The molecule has 2 heterocycles. The van der Waals surface area contributed by atoms with Crippen molar-refractivity contribution in [3.05, 3.63) is 66.2 Å². The zero-order valence-corrected chi connectivity index (χ0v) is 16.0. The summed E-state index contributed by atoms with van der Waals surface area (Å²) in [5.41, 5.74) is 2.26. The Kier molecular flexibility index (Phi) is 5.21. The molecule has 1 saturated heterocycles. The molecule has 0 N–H and O–H groups in total. The smallest absolute Gasteiger partial charge is 0.270 e. The minimum Gasteiger partial charge on any atom is -0.328 e. The van der Waals surface area contributed by atoms with E-state index in [1.807, 2.05) is 53.4 Å². The van der Waals surface area contributed by atoms with Gasteiger partial charge in [0, 0.05) is 32.5 Å². The number of hydrogen-bond donors (Lipinski definition) is 0. The SMILES string of the molecule is CN1CCN(C(=O)C2=NN(c3ccccc3)C(=O)CC2)C(c2ccccc2)C1. The first-order chi connectivity index (χ1) is 13.6. The summed E-state index contributed by atoms with van der Waals surface area (Å²) < 4.78 is 0. The Morgan fingerprint density at radius 1 is 0.964 bits per heavy atom. The van der Waals surface area contributed by atoms with Crippen molar-refractivity contribution in [2.45, 2.75) is 18.9 Å². The van der Waals surface area contributed by atoms with Crippen LogP contribution >= 0.6 is 0 Å². The summed E-state index contributed by atoms with van der Waals surface area (Å²) in [6, 6.07) is 19.4. The van der Waals surface area contributed by atoms with Crippen LogP contribution in [-0.2, 0) is 9.59 Å². The average Bonchev–Trinajstić information content (AvgIpc) is 2.75. The average molecular weight is 376 g/mol. The molecule has 2 amide bonds. The molecule has 1 unspecified atom stereocenters. The zero-order chi connectivity index (χ0) is 19.5. The first-order valence-electron chi connectivity index (χ1n) is 9.63. The highest BCUT2D eigenvalue weighted by atomic mass is 16.2. The zero-order valence-electron chi connectivity index (χ0n) is 16.0. The number of para-hydroxylation sites is 1. The van der Waals surface area contributed by atoms with Gasteiger partial charge in [0.15, 0.2) is 0 Å². The minimum atomic E-state index is -0.0827. The van der Waals surface area contributed by atoms with E-state index in [0.29, 0.717) is 30.8 Å². The predicted molar refractivity (Wildman–Crippen MR) is 109 cm³/mol. The van der Waals surface area contributed by atoms with Crippen LogP contribution in [0.15, 0.2) is 65.8 Å². The lowest BCUT2D eigenvalue weighted by Crippen LogP contribution is -2.52. The first kappa shape index (κ1) is 18.4. The second-order valence-corrected chi connectivity index (χ2v) is 7.28. The number of rotatable bonds is 3. The van der Waals surface area contributed by atoms with E-state index in [4.69, 9.17) is 0 Å². The highest BCUT2D eigenvalue weighted by Gasteiger charge is 2.34. The minimum absolute atomic E-state index is 0.0158. The number of amides is 2. The van der Waals surface area contributed by atoms with E-state index in [2.05, 4.69) is 29.2 Å². The molecule has 0 radical (unpaired) electrons. The third kappa shape index (κ3) is 3.68. The van der Waals surface area contributed by atoms with Crippen LogP contribution in [0.3, 0.4) is 0 Å². The molecular formula is C22H24N4O2. The molecule has 6 nitrogen and oxygen atoms in total. The Balaban J connectivity index is 1.62. The van der Waals surface area contributed by atoms with Gasteiger partial charge in [0.1, 0.15) is 5.71 Å². The summed E-state index contributed by atoms with van der Waals surface area (Å²) >= 11 is 0. The van der Waals surface area contributed by atoms with Crippen LogP contribution in [0.4, 0.5) is 5.69 Å². The van der Waals surface area contributed by atoms with Gasteiger partial charge in [0.05, 0.1) is 11.7 Å². The summed E-state index contributed by atoms with van der Waals surface area (Å²) in [7, 11) is 2.08. The standard InChI is InChI=1S/C22H24N4O2/c1-24-14-15-25(20(16-24)17-8-4-2-5-9-17)22(28)19-12-13-21(27)26(23-19)18-10-6-3-7-11-18/h2-11,20H,12-16H2,1H3. The normalized spacial score (nSPS) is 20.8. The molecular weight excluding hydrogens is 352 g/mol. The molecule has 1 fully saturated rings. The number of hydrogen-bond acceptors (Lipinski definition) is 4. The molecule has 2 aromatic rings. The molecule has 4 rings (SSSR count). The topological polar surface area (TPSA) is 56.2 Å². The molecule has 28 heavy (non-hydrogen) atoms. The van der Waals surface area contributed by atoms with Crippen LogP contribution in [0, 0.1) is 0 Å². The molecule has 0 aromatic heterocycles. The van der Waals surface area contributed by atoms with Crippen molar-refractivity contribution in [2.24, 2.45) is 5.10 Å². The number of piperazine rings is 1. The monoisotopic (exact) mass is 376 g/mol. The maximum Gasteiger partial charge on any atom is 0.270 e. The fraction of sp³-hybridized carbons (Fsp3) is 0.318. The van der Waals surface area contributed by atoms with Crippen molar-refractivity contribution in [2.75, 3.05) is 31.7 Å².